The van der Waals surface area contributed by atoms with Gasteiger partial charge in [0.1, 0.15) is 10.6 Å². The van der Waals surface area contributed by atoms with Crippen LogP contribution < -0.4 is 0 Å². The Morgan fingerprint density at radius 1 is 1.53 bits per heavy atom. The van der Waals surface area contributed by atoms with E-state index in [9.17, 15) is 5.11 Å². The molecule has 1 heterocycles. The van der Waals surface area contributed by atoms with Gasteiger partial charge in [-0.25, -0.2) is 4.98 Å². The molecule has 1 unspecified atom stereocenters. The van der Waals surface area contributed by atoms with E-state index in [1.807, 2.05) is 27.7 Å². The Bertz CT molecular complexity index is 331. The van der Waals surface area contributed by atoms with Crippen LogP contribution in [0.5, 0.6) is 0 Å². The van der Waals surface area contributed by atoms with Gasteiger partial charge in [-0.3, -0.25) is 0 Å². The van der Waals surface area contributed by atoms with Crippen molar-refractivity contribution in [3.8, 4) is 0 Å². The Morgan fingerprint density at radius 3 is 2.53 bits per heavy atom. The lowest BCUT2D eigenvalue weighted by Gasteiger charge is -2.21. The summed E-state index contributed by atoms with van der Waals surface area (Å²) in [6.07, 6.45) is -0.450. The Hall–Kier alpha value is -0.450. The zero-order valence-corrected chi connectivity index (χ0v) is 10.8. The van der Waals surface area contributed by atoms with E-state index in [4.69, 9.17) is 4.74 Å². The molecule has 0 saturated carbocycles. The smallest absolute Gasteiger partial charge is 0.125 e. The first-order chi connectivity index (χ1) is 6.88. The Morgan fingerprint density at radius 2 is 2.13 bits per heavy atom. The number of aromatic nitrogens is 1. The molecule has 0 aliphatic carbocycles. The van der Waals surface area contributed by atoms with Crippen molar-refractivity contribution in [3.05, 3.63) is 15.6 Å². The number of hydrogen-bond acceptors (Lipinski definition) is 4. The molecule has 0 spiro atoms. The highest BCUT2D eigenvalue weighted by Gasteiger charge is 2.26. The normalized spacial score (nSPS) is 14.3. The van der Waals surface area contributed by atoms with E-state index in [1.54, 1.807) is 6.92 Å². The maximum Gasteiger partial charge on any atom is 0.125 e. The molecule has 0 aliphatic heterocycles. The van der Waals surface area contributed by atoms with Crippen LogP contribution in [0.2, 0.25) is 0 Å². The average Bonchev–Trinajstić information content (AvgIpc) is 2.47. The Balaban J connectivity index is 3.01. The maximum atomic E-state index is 9.54. The number of ether oxygens (including phenoxy) is 1. The lowest BCUT2D eigenvalue weighted by atomic mass is 10.1. The molecule has 86 valence electrons. The number of aliphatic hydroxyl groups excluding tert-OH is 1. The first-order valence-corrected chi connectivity index (χ1v) is 6.00. The molecule has 3 nitrogen and oxygen atoms in total. The average molecular weight is 229 g/mol. The van der Waals surface area contributed by atoms with Crippen LogP contribution in [-0.4, -0.2) is 16.7 Å². The summed E-state index contributed by atoms with van der Waals surface area (Å²) in [6.45, 7) is 10.3. The molecular weight excluding hydrogens is 210 g/mol. The van der Waals surface area contributed by atoms with Crippen molar-refractivity contribution >= 4 is 11.3 Å². The highest BCUT2D eigenvalue weighted by atomic mass is 32.1. The molecule has 0 saturated heterocycles. The number of aryl methyl sites for hydroxylation is 1. The van der Waals surface area contributed by atoms with E-state index >= 15 is 0 Å². The monoisotopic (exact) mass is 229 g/mol. The molecule has 0 aliphatic rings. The van der Waals surface area contributed by atoms with E-state index in [0.29, 0.717) is 6.61 Å². The zero-order valence-electron chi connectivity index (χ0n) is 10.00. The molecule has 0 radical (unpaired) electrons. The Kier molecular flexibility index (Phi) is 3.87. The van der Waals surface area contributed by atoms with Gasteiger partial charge >= 0.3 is 0 Å². The van der Waals surface area contributed by atoms with Gasteiger partial charge in [-0.15, -0.1) is 11.3 Å². The largest absolute Gasteiger partial charge is 0.388 e. The van der Waals surface area contributed by atoms with Crippen molar-refractivity contribution in [2.24, 2.45) is 0 Å². The summed E-state index contributed by atoms with van der Waals surface area (Å²) in [4.78, 5) is 5.38. The van der Waals surface area contributed by atoms with Crippen molar-refractivity contribution in [2.45, 2.75) is 46.3 Å². The van der Waals surface area contributed by atoms with E-state index in [0.717, 1.165) is 15.6 Å². The molecular formula is C11H19NO2S. The van der Waals surface area contributed by atoms with Crippen LogP contribution in [0.15, 0.2) is 0 Å². The third kappa shape index (κ3) is 2.77. The second-order valence-corrected chi connectivity index (χ2v) is 5.12. The molecule has 0 bridgehead atoms. The van der Waals surface area contributed by atoms with Gasteiger partial charge < -0.3 is 9.84 Å². The van der Waals surface area contributed by atoms with Gasteiger partial charge in [0.25, 0.3) is 0 Å². The fourth-order valence-electron chi connectivity index (χ4n) is 1.48. The van der Waals surface area contributed by atoms with Crippen LogP contribution in [-0.2, 0) is 10.3 Å². The molecule has 1 N–H and O–H groups in total. The first kappa shape index (κ1) is 12.6. The summed E-state index contributed by atoms with van der Waals surface area (Å²) >= 11 is 1.53. The zero-order chi connectivity index (χ0) is 11.6. The number of rotatable bonds is 4. The molecule has 0 aromatic carbocycles. The van der Waals surface area contributed by atoms with Gasteiger partial charge in [0.15, 0.2) is 0 Å². The van der Waals surface area contributed by atoms with Crippen molar-refractivity contribution in [1.82, 2.24) is 4.98 Å². The summed E-state index contributed by atoms with van der Waals surface area (Å²) in [5, 5.41) is 10.5. The fourth-order valence-corrected chi connectivity index (χ4v) is 2.54. The van der Waals surface area contributed by atoms with E-state index < -0.39 is 6.10 Å². The number of nitrogens with zero attached hydrogens (tertiary/aromatic N) is 1. The van der Waals surface area contributed by atoms with Gasteiger partial charge in [-0.05, 0) is 34.6 Å². The van der Waals surface area contributed by atoms with Crippen molar-refractivity contribution in [3.63, 3.8) is 0 Å². The van der Waals surface area contributed by atoms with Crippen LogP contribution in [0.4, 0.5) is 0 Å². The number of hydrogen-bond donors (Lipinski definition) is 1. The quantitative estimate of drug-likeness (QED) is 0.863. The molecule has 4 heteroatoms. The van der Waals surface area contributed by atoms with Gasteiger partial charge in [0.2, 0.25) is 0 Å². The number of aliphatic hydroxyl groups is 1. The van der Waals surface area contributed by atoms with Crippen molar-refractivity contribution < 1.29 is 9.84 Å². The molecule has 1 aromatic heterocycles. The highest BCUT2D eigenvalue weighted by Crippen LogP contribution is 2.33. The lowest BCUT2D eigenvalue weighted by molar-refractivity contribution is -0.0142. The standard InChI is InChI=1S/C11H19NO2S/c1-6-14-11(4,5)10-12-7(2)9(15-10)8(3)13/h8,13H,6H2,1-5H3. The van der Waals surface area contributed by atoms with E-state index in [-0.39, 0.29) is 5.60 Å². The van der Waals surface area contributed by atoms with E-state index in [1.165, 1.54) is 11.3 Å². The first-order valence-electron chi connectivity index (χ1n) is 5.18. The minimum absolute atomic E-state index is 0.364. The summed E-state index contributed by atoms with van der Waals surface area (Å²) in [5.74, 6) is 0. The minimum Gasteiger partial charge on any atom is -0.388 e. The minimum atomic E-state index is -0.450. The third-order valence-corrected chi connectivity index (χ3v) is 3.86. The summed E-state index contributed by atoms with van der Waals surface area (Å²) < 4.78 is 5.63. The summed E-state index contributed by atoms with van der Waals surface area (Å²) in [7, 11) is 0. The molecule has 1 atom stereocenters. The molecule has 1 rings (SSSR count). The van der Waals surface area contributed by atoms with Crippen LogP contribution in [0.1, 0.15) is 49.4 Å². The van der Waals surface area contributed by atoms with E-state index in [2.05, 4.69) is 4.98 Å². The number of thiazole rings is 1. The molecule has 1 aromatic rings. The van der Waals surface area contributed by atoms with Gasteiger partial charge in [-0.1, -0.05) is 0 Å². The van der Waals surface area contributed by atoms with Gasteiger partial charge in [0.05, 0.1) is 16.7 Å². The third-order valence-electron chi connectivity index (χ3n) is 2.23. The van der Waals surface area contributed by atoms with Crippen LogP contribution in [0, 0.1) is 6.92 Å². The lowest BCUT2D eigenvalue weighted by Crippen LogP contribution is -2.21. The second kappa shape index (κ2) is 4.60. The molecule has 0 amide bonds. The predicted octanol–water partition coefficient (Wildman–Crippen LogP) is 2.78. The van der Waals surface area contributed by atoms with Crippen LogP contribution in [0.25, 0.3) is 0 Å². The maximum absolute atomic E-state index is 9.54. The van der Waals surface area contributed by atoms with Crippen LogP contribution >= 0.6 is 11.3 Å². The van der Waals surface area contributed by atoms with Gasteiger partial charge in [0, 0.05) is 6.61 Å². The second-order valence-electron chi connectivity index (χ2n) is 4.09. The van der Waals surface area contributed by atoms with Crippen molar-refractivity contribution in [1.29, 1.82) is 0 Å². The van der Waals surface area contributed by atoms with Gasteiger partial charge in [-0.2, -0.15) is 0 Å². The predicted molar refractivity (Wildman–Crippen MR) is 62.1 cm³/mol. The summed E-state index contributed by atoms with van der Waals surface area (Å²) in [5.41, 5.74) is 0.537. The fraction of sp³-hybridized carbons (Fsp3) is 0.727. The van der Waals surface area contributed by atoms with Crippen LogP contribution in [0.3, 0.4) is 0 Å². The molecule has 15 heavy (non-hydrogen) atoms. The Labute approximate surface area is 95.1 Å². The highest BCUT2D eigenvalue weighted by molar-refractivity contribution is 7.12. The topological polar surface area (TPSA) is 42.4 Å². The SMILES string of the molecule is CCOC(C)(C)c1nc(C)c(C(C)O)s1. The molecule has 0 fully saturated rings. The van der Waals surface area contributed by atoms with Crippen molar-refractivity contribution in [2.75, 3.05) is 6.61 Å². The summed E-state index contributed by atoms with van der Waals surface area (Å²) in [6, 6.07) is 0.